The summed E-state index contributed by atoms with van der Waals surface area (Å²) in [7, 11) is 0. The highest BCUT2D eigenvalue weighted by molar-refractivity contribution is 7.17. The van der Waals surface area contributed by atoms with E-state index in [-0.39, 0.29) is 11.9 Å². The molecule has 1 aromatic carbocycles. The summed E-state index contributed by atoms with van der Waals surface area (Å²) in [6, 6.07) is 10.1. The molecule has 2 heterocycles. The molecule has 20 heavy (non-hydrogen) atoms. The second-order valence-electron chi connectivity index (χ2n) is 4.85. The molecular weight excluding hydrogens is 270 g/mol. The minimum atomic E-state index is -0.0919. The lowest BCUT2D eigenvalue weighted by atomic mass is 10.1. The molecule has 0 saturated heterocycles. The molecule has 0 fully saturated rings. The van der Waals surface area contributed by atoms with E-state index in [1.54, 1.807) is 17.4 Å². The van der Waals surface area contributed by atoms with Crippen molar-refractivity contribution in [3.05, 3.63) is 59.4 Å². The van der Waals surface area contributed by atoms with Crippen LogP contribution < -0.4 is 5.32 Å². The van der Waals surface area contributed by atoms with Gasteiger partial charge in [0.05, 0.1) is 11.8 Å². The quantitative estimate of drug-likeness (QED) is 0.791. The number of amides is 1. The lowest BCUT2D eigenvalue weighted by Gasteiger charge is -2.12. The van der Waals surface area contributed by atoms with Crippen molar-refractivity contribution >= 4 is 27.3 Å². The fourth-order valence-corrected chi connectivity index (χ4v) is 3.25. The average molecular weight is 285 g/mol. The highest BCUT2D eigenvalue weighted by atomic mass is 32.1. The zero-order chi connectivity index (χ0) is 13.9. The maximum Gasteiger partial charge on any atom is 0.254 e. The Morgan fingerprint density at radius 3 is 3.00 bits per heavy atom. The highest BCUT2D eigenvalue weighted by Gasteiger charge is 2.13. The van der Waals surface area contributed by atoms with Crippen LogP contribution in [0.2, 0.25) is 0 Å². The smallest absolute Gasteiger partial charge is 0.254 e. The van der Waals surface area contributed by atoms with Crippen molar-refractivity contribution in [2.45, 2.75) is 19.4 Å². The first-order valence-electron chi connectivity index (χ1n) is 6.52. The van der Waals surface area contributed by atoms with Crippen LogP contribution in [0.1, 0.15) is 22.8 Å². The molecule has 0 radical (unpaired) electrons. The maximum atomic E-state index is 11.9. The van der Waals surface area contributed by atoms with Gasteiger partial charge in [0.25, 0.3) is 5.91 Å². The molecule has 3 aromatic rings. The number of carbonyl (C=O) groups is 1. The Morgan fingerprint density at radius 1 is 1.35 bits per heavy atom. The molecule has 0 aliphatic rings. The molecule has 3 rings (SSSR count). The molecule has 0 aliphatic carbocycles. The topological polar surface area (TPSA) is 42.2 Å². The van der Waals surface area contributed by atoms with E-state index in [0.29, 0.717) is 5.56 Å². The molecule has 102 valence electrons. The number of furan rings is 1. The van der Waals surface area contributed by atoms with Crippen LogP contribution in [0.4, 0.5) is 0 Å². The molecule has 0 spiro atoms. The van der Waals surface area contributed by atoms with E-state index in [1.165, 1.54) is 28.2 Å². The molecule has 1 atom stereocenters. The standard InChI is InChI=1S/C16H15NO2S/c1-11(17-16(18)12-6-7-19-9-12)8-13-10-20-15-5-3-2-4-14(13)15/h2-7,9-11H,8H2,1H3,(H,17,18). The van der Waals surface area contributed by atoms with Crippen molar-refractivity contribution in [2.75, 3.05) is 0 Å². The van der Waals surface area contributed by atoms with Crippen LogP contribution in [0.3, 0.4) is 0 Å². The van der Waals surface area contributed by atoms with Gasteiger partial charge in [-0.05, 0) is 41.8 Å². The summed E-state index contributed by atoms with van der Waals surface area (Å²) < 4.78 is 6.21. The zero-order valence-corrected chi connectivity index (χ0v) is 11.9. The number of nitrogens with one attached hydrogen (secondary N) is 1. The fraction of sp³-hybridized carbons (Fsp3) is 0.188. The zero-order valence-electron chi connectivity index (χ0n) is 11.1. The van der Waals surface area contributed by atoms with Crippen LogP contribution in [-0.4, -0.2) is 11.9 Å². The molecule has 1 unspecified atom stereocenters. The lowest BCUT2D eigenvalue weighted by Crippen LogP contribution is -2.33. The Morgan fingerprint density at radius 2 is 2.20 bits per heavy atom. The minimum Gasteiger partial charge on any atom is -0.472 e. The van der Waals surface area contributed by atoms with Crippen LogP contribution in [0.25, 0.3) is 10.1 Å². The average Bonchev–Trinajstić information content (AvgIpc) is 3.09. The minimum absolute atomic E-state index is 0.0791. The number of thiophene rings is 1. The van der Waals surface area contributed by atoms with Gasteiger partial charge in [-0.3, -0.25) is 4.79 Å². The Labute approximate surface area is 121 Å². The summed E-state index contributed by atoms with van der Waals surface area (Å²) in [6.07, 6.45) is 3.79. The Bertz CT molecular complexity index is 715. The number of carbonyl (C=O) groups excluding carboxylic acids is 1. The summed E-state index contributed by atoms with van der Waals surface area (Å²) in [5.74, 6) is -0.0919. The van der Waals surface area contributed by atoms with Gasteiger partial charge in [-0.25, -0.2) is 0 Å². The molecule has 0 bridgehead atoms. The van der Waals surface area contributed by atoms with E-state index >= 15 is 0 Å². The molecular formula is C16H15NO2S. The Hall–Kier alpha value is -2.07. The number of fused-ring (bicyclic) bond motifs is 1. The highest BCUT2D eigenvalue weighted by Crippen LogP contribution is 2.26. The predicted molar refractivity (Wildman–Crippen MR) is 81.2 cm³/mol. The van der Waals surface area contributed by atoms with Gasteiger partial charge in [0, 0.05) is 10.7 Å². The molecule has 3 nitrogen and oxygen atoms in total. The van der Waals surface area contributed by atoms with Crippen molar-refractivity contribution in [1.29, 1.82) is 0 Å². The summed E-state index contributed by atoms with van der Waals surface area (Å²) in [5, 5.41) is 6.44. The SMILES string of the molecule is CC(Cc1csc2ccccc12)NC(=O)c1ccoc1. The van der Waals surface area contributed by atoms with Gasteiger partial charge in [-0.2, -0.15) is 0 Å². The first-order chi connectivity index (χ1) is 9.74. The van der Waals surface area contributed by atoms with E-state index in [0.717, 1.165) is 6.42 Å². The molecule has 1 amide bonds. The largest absolute Gasteiger partial charge is 0.472 e. The summed E-state index contributed by atoms with van der Waals surface area (Å²) >= 11 is 1.74. The third kappa shape index (κ3) is 2.60. The Balaban J connectivity index is 1.70. The molecule has 2 aromatic heterocycles. The van der Waals surface area contributed by atoms with Gasteiger partial charge < -0.3 is 9.73 Å². The van der Waals surface area contributed by atoms with Gasteiger partial charge in [0.2, 0.25) is 0 Å². The second-order valence-corrected chi connectivity index (χ2v) is 5.76. The van der Waals surface area contributed by atoms with Crippen LogP contribution in [0.15, 0.2) is 52.7 Å². The number of benzene rings is 1. The van der Waals surface area contributed by atoms with E-state index in [4.69, 9.17) is 4.42 Å². The lowest BCUT2D eigenvalue weighted by molar-refractivity contribution is 0.0939. The van der Waals surface area contributed by atoms with Crippen molar-refractivity contribution in [3.63, 3.8) is 0 Å². The number of hydrogen-bond acceptors (Lipinski definition) is 3. The first kappa shape index (κ1) is 12.9. The number of rotatable bonds is 4. The van der Waals surface area contributed by atoms with Crippen molar-refractivity contribution in [3.8, 4) is 0 Å². The van der Waals surface area contributed by atoms with Crippen molar-refractivity contribution in [2.24, 2.45) is 0 Å². The van der Waals surface area contributed by atoms with Crippen LogP contribution in [0, 0.1) is 0 Å². The van der Waals surface area contributed by atoms with E-state index < -0.39 is 0 Å². The van der Waals surface area contributed by atoms with Gasteiger partial charge in [-0.1, -0.05) is 18.2 Å². The van der Waals surface area contributed by atoms with E-state index in [2.05, 4.69) is 22.8 Å². The summed E-state index contributed by atoms with van der Waals surface area (Å²) in [4.78, 5) is 11.9. The summed E-state index contributed by atoms with van der Waals surface area (Å²) in [6.45, 7) is 2.02. The molecule has 0 saturated carbocycles. The van der Waals surface area contributed by atoms with Crippen molar-refractivity contribution in [1.82, 2.24) is 5.32 Å². The van der Waals surface area contributed by atoms with Crippen molar-refractivity contribution < 1.29 is 9.21 Å². The maximum absolute atomic E-state index is 11.9. The molecule has 4 heteroatoms. The third-order valence-electron chi connectivity index (χ3n) is 3.25. The van der Waals surface area contributed by atoms with Gasteiger partial charge in [0.1, 0.15) is 6.26 Å². The van der Waals surface area contributed by atoms with Crippen LogP contribution >= 0.6 is 11.3 Å². The van der Waals surface area contributed by atoms with E-state index in [1.807, 2.05) is 19.1 Å². The molecule has 0 aliphatic heterocycles. The van der Waals surface area contributed by atoms with Gasteiger partial charge >= 0.3 is 0 Å². The van der Waals surface area contributed by atoms with Crippen LogP contribution in [-0.2, 0) is 6.42 Å². The predicted octanol–water partition coefficient (Wildman–Crippen LogP) is 3.86. The van der Waals surface area contributed by atoms with Gasteiger partial charge in [-0.15, -0.1) is 11.3 Å². The normalized spacial score (nSPS) is 12.4. The summed E-state index contributed by atoms with van der Waals surface area (Å²) in [5.41, 5.74) is 1.85. The molecule has 1 N–H and O–H groups in total. The fourth-order valence-electron chi connectivity index (χ4n) is 2.27. The van der Waals surface area contributed by atoms with Crippen LogP contribution in [0.5, 0.6) is 0 Å². The second kappa shape index (κ2) is 5.51. The van der Waals surface area contributed by atoms with E-state index in [9.17, 15) is 4.79 Å². The monoisotopic (exact) mass is 285 g/mol. The Kier molecular flexibility index (Phi) is 3.56. The number of hydrogen-bond donors (Lipinski definition) is 1. The van der Waals surface area contributed by atoms with Gasteiger partial charge in [0.15, 0.2) is 0 Å². The third-order valence-corrected chi connectivity index (χ3v) is 4.26. The first-order valence-corrected chi connectivity index (χ1v) is 7.40.